The van der Waals surface area contributed by atoms with Gasteiger partial charge in [-0.3, -0.25) is 10.00 Å². The van der Waals surface area contributed by atoms with E-state index in [9.17, 15) is 4.39 Å². The quantitative estimate of drug-likeness (QED) is 0.379. The van der Waals surface area contributed by atoms with E-state index in [0.29, 0.717) is 12.3 Å². The summed E-state index contributed by atoms with van der Waals surface area (Å²) in [4.78, 5) is 7.41. The smallest absolute Gasteiger partial charge is 0.103 e. The van der Waals surface area contributed by atoms with Crippen LogP contribution in [0.25, 0.3) is 22.3 Å². The SMILES string of the molecule is C/C=C\C(CCCN1CC(Cn2ccc3nc(-c4cn[nH]c4)ccc32)CC1(C)C)=C(\F)CC. The molecule has 1 saturated heterocycles. The first-order chi connectivity index (χ1) is 15.9. The molecule has 1 unspecified atom stereocenters. The summed E-state index contributed by atoms with van der Waals surface area (Å²) in [5.41, 5.74) is 5.15. The molecule has 0 aliphatic carbocycles. The Kier molecular flexibility index (Phi) is 7.13. The molecule has 5 nitrogen and oxygen atoms in total. The summed E-state index contributed by atoms with van der Waals surface area (Å²) in [6, 6.07) is 6.34. The third kappa shape index (κ3) is 5.27. The van der Waals surface area contributed by atoms with Crippen molar-refractivity contribution in [3.05, 3.63) is 60.3 Å². The van der Waals surface area contributed by atoms with E-state index in [4.69, 9.17) is 4.98 Å². The summed E-state index contributed by atoms with van der Waals surface area (Å²) in [6.07, 6.45) is 13.1. The van der Waals surface area contributed by atoms with E-state index in [1.165, 1.54) is 5.52 Å². The lowest BCUT2D eigenvalue weighted by atomic mass is 9.96. The van der Waals surface area contributed by atoms with Crippen LogP contribution >= 0.6 is 0 Å². The van der Waals surface area contributed by atoms with Crippen molar-refractivity contribution in [2.75, 3.05) is 13.1 Å². The molecule has 1 aliphatic heterocycles. The predicted molar refractivity (Wildman–Crippen MR) is 134 cm³/mol. The van der Waals surface area contributed by atoms with E-state index >= 15 is 0 Å². The van der Waals surface area contributed by atoms with Gasteiger partial charge in [0.05, 0.1) is 22.9 Å². The first kappa shape index (κ1) is 23.4. The lowest BCUT2D eigenvalue weighted by molar-refractivity contribution is 0.172. The number of allylic oxidation sites excluding steroid dienone is 4. The summed E-state index contributed by atoms with van der Waals surface area (Å²) in [6.45, 7) is 11.6. The molecule has 33 heavy (non-hydrogen) atoms. The minimum atomic E-state index is 0.0238. The van der Waals surface area contributed by atoms with Crippen LogP contribution in [0.3, 0.4) is 0 Å². The van der Waals surface area contributed by atoms with Crippen LogP contribution in [0, 0.1) is 5.92 Å². The Hall–Kier alpha value is -2.73. The highest BCUT2D eigenvalue weighted by Gasteiger charge is 2.37. The zero-order valence-corrected chi connectivity index (χ0v) is 20.3. The van der Waals surface area contributed by atoms with E-state index in [0.717, 1.165) is 61.2 Å². The van der Waals surface area contributed by atoms with E-state index in [1.807, 2.05) is 32.2 Å². The van der Waals surface area contributed by atoms with Crippen LogP contribution < -0.4 is 0 Å². The molecular formula is C27H36FN5. The molecule has 4 heterocycles. The maximum atomic E-state index is 14.1. The van der Waals surface area contributed by atoms with Crippen LogP contribution in [0.1, 0.15) is 53.4 Å². The third-order valence-corrected chi connectivity index (χ3v) is 6.90. The van der Waals surface area contributed by atoms with E-state index < -0.39 is 0 Å². The second kappa shape index (κ2) is 10.0. The van der Waals surface area contributed by atoms with Crippen LogP contribution in [0.4, 0.5) is 4.39 Å². The molecule has 1 aliphatic rings. The maximum absolute atomic E-state index is 14.1. The number of aromatic amines is 1. The van der Waals surface area contributed by atoms with Crippen molar-refractivity contribution in [2.24, 2.45) is 5.92 Å². The standard InChI is InChI=1S/C27H36FN5/c1-5-8-21(23(28)6-2)9-7-13-33-19-20(15-27(33,3)4)18-32-14-12-25-26(32)11-10-24(31-25)22-16-29-30-17-22/h5,8,10-12,14,16-17,20H,6-7,9,13,15,18-19H2,1-4H3,(H,29,30)/b8-5-,23-21-. The molecule has 0 amide bonds. The van der Waals surface area contributed by atoms with Gasteiger partial charge in [-0.15, -0.1) is 0 Å². The Morgan fingerprint density at radius 2 is 2.15 bits per heavy atom. The molecule has 1 atom stereocenters. The number of fused-ring (bicyclic) bond motifs is 1. The lowest BCUT2D eigenvalue weighted by Gasteiger charge is -2.31. The topological polar surface area (TPSA) is 49.7 Å². The Labute approximate surface area is 196 Å². The molecule has 176 valence electrons. The molecular weight excluding hydrogens is 413 g/mol. The molecule has 0 radical (unpaired) electrons. The second-order valence-corrected chi connectivity index (χ2v) is 9.77. The number of rotatable bonds is 9. The number of likely N-dealkylation sites (tertiary alicyclic amines) is 1. The minimum absolute atomic E-state index is 0.0238. The highest BCUT2D eigenvalue weighted by Crippen LogP contribution is 2.35. The average molecular weight is 450 g/mol. The second-order valence-electron chi connectivity index (χ2n) is 9.77. The molecule has 0 aromatic carbocycles. The Morgan fingerprint density at radius 1 is 1.30 bits per heavy atom. The van der Waals surface area contributed by atoms with E-state index in [1.54, 1.807) is 6.20 Å². The molecule has 3 aromatic heterocycles. The minimum Gasteiger partial charge on any atom is -0.346 e. The van der Waals surface area contributed by atoms with Crippen molar-refractivity contribution in [3.63, 3.8) is 0 Å². The van der Waals surface area contributed by atoms with Gasteiger partial charge in [0.1, 0.15) is 5.83 Å². The molecule has 0 bridgehead atoms. The lowest BCUT2D eigenvalue weighted by Crippen LogP contribution is -2.38. The van der Waals surface area contributed by atoms with Gasteiger partial charge in [-0.1, -0.05) is 19.1 Å². The van der Waals surface area contributed by atoms with E-state index in [2.05, 4.69) is 57.9 Å². The van der Waals surface area contributed by atoms with Gasteiger partial charge in [-0.25, -0.2) is 9.37 Å². The van der Waals surface area contributed by atoms with Crippen molar-refractivity contribution in [2.45, 2.75) is 65.5 Å². The number of aromatic nitrogens is 4. The summed E-state index contributed by atoms with van der Waals surface area (Å²) in [5.74, 6) is 0.609. The zero-order valence-electron chi connectivity index (χ0n) is 20.3. The van der Waals surface area contributed by atoms with Crippen molar-refractivity contribution in [1.29, 1.82) is 0 Å². The number of H-pyrrole nitrogens is 1. The fraction of sp³-hybridized carbons (Fsp3) is 0.481. The van der Waals surface area contributed by atoms with Gasteiger partial charge < -0.3 is 4.57 Å². The number of nitrogens with one attached hydrogen (secondary N) is 1. The number of halogens is 1. The van der Waals surface area contributed by atoms with Crippen LogP contribution in [0.5, 0.6) is 0 Å². The monoisotopic (exact) mass is 449 g/mol. The van der Waals surface area contributed by atoms with Crippen molar-refractivity contribution in [1.82, 2.24) is 24.6 Å². The number of hydrogen-bond acceptors (Lipinski definition) is 3. The van der Waals surface area contributed by atoms with Crippen LogP contribution in [0.2, 0.25) is 0 Å². The van der Waals surface area contributed by atoms with Gasteiger partial charge in [0.2, 0.25) is 0 Å². The maximum Gasteiger partial charge on any atom is 0.103 e. The molecule has 0 spiro atoms. The first-order valence-corrected chi connectivity index (χ1v) is 12.1. The van der Waals surface area contributed by atoms with Crippen molar-refractivity contribution in [3.8, 4) is 11.3 Å². The van der Waals surface area contributed by atoms with Gasteiger partial charge in [-0.2, -0.15) is 5.10 Å². The number of nitrogens with zero attached hydrogens (tertiary/aromatic N) is 4. The zero-order chi connectivity index (χ0) is 23.4. The van der Waals surface area contributed by atoms with Gasteiger partial charge in [0.15, 0.2) is 0 Å². The normalized spacial score (nSPS) is 19.6. The highest BCUT2D eigenvalue weighted by atomic mass is 19.1. The van der Waals surface area contributed by atoms with Crippen LogP contribution in [0.15, 0.2) is 60.3 Å². The summed E-state index contributed by atoms with van der Waals surface area (Å²) < 4.78 is 16.5. The van der Waals surface area contributed by atoms with Gasteiger partial charge in [0.25, 0.3) is 0 Å². The summed E-state index contributed by atoms with van der Waals surface area (Å²) >= 11 is 0. The van der Waals surface area contributed by atoms with Crippen molar-refractivity contribution >= 4 is 11.0 Å². The van der Waals surface area contributed by atoms with Gasteiger partial charge >= 0.3 is 0 Å². The largest absolute Gasteiger partial charge is 0.346 e. The number of hydrogen-bond donors (Lipinski definition) is 1. The summed E-state index contributed by atoms with van der Waals surface area (Å²) in [5, 5.41) is 6.88. The van der Waals surface area contributed by atoms with Crippen LogP contribution in [-0.4, -0.2) is 43.3 Å². The molecule has 6 heteroatoms. The first-order valence-electron chi connectivity index (χ1n) is 12.1. The van der Waals surface area contributed by atoms with Gasteiger partial charge in [-0.05, 0) is 82.7 Å². The van der Waals surface area contributed by atoms with Gasteiger partial charge in [0, 0.05) is 36.6 Å². The molecule has 4 rings (SSSR count). The highest BCUT2D eigenvalue weighted by molar-refractivity contribution is 5.79. The van der Waals surface area contributed by atoms with E-state index in [-0.39, 0.29) is 11.4 Å². The Bertz CT molecular complexity index is 1120. The third-order valence-electron chi connectivity index (χ3n) is 6.90. The summed E-state index contributed by atoms with van der Waals surface area (Å²) in [7, 11) is 0. The fourth-order valence-corrected chi connectivity index (χ4v) is 5.24. The molecule has 1 N–H and O–H groups in total. The Morgan fingerprint density at radius 3 is 2.88 bits per heavy atom. The van der Waals surface area contributed by atoms with Crippen molar-refractivity contribution < 1.29 is 4.39 Å². The molecule has 3 aromatic rings. The molecule has 0 saturated carbocycles. The fourth-order valence-electron chi connectivity index (χ4n) is 5.24. The average Bonchev–Trinajstić information content (AvgIpc) is 3.52. The van der Waals surface area contributed by atoms with Crippen LogP contribution in [-0.2, 0) is 6.54 Å². The predicted octanol–water partition coefficient (Wildman–Crippen LogP) is 6.52. The number of pyridine rings is 1. The Balaban J connectivity index is 1.39. The molecule has 1 fully saturated rings.